The van der Waals surface area contributed by atoms with Crippen LogP contribution < -0.4 is 15.2 Å². The first-order valence-electron chi connectivity index (χ1n) is 7.60. The van der Waals surface area contributed by atoms with Crippen LogP contribution in [0, 0.1) is 0 Å². The van der Waals surface area contributed by atoms with Crippen LogP contribution in [0.5, 0.6) is 5.75 Å². The lowest BCUT2D eigenvalue weighted by Gasteiger charge is -2.23. The number of benzene rings is 1. The van der Waals surface area contributed by atoms with Gasteiger partial charge in [-0.15, -0.1) is 0 Å². The molecule has 1 heterocycles. The molecule has 1 aromatic carbocycles. The van der Waals surface area contributed by atoms with Crippen LogP contribution >= 0.6 is 0 Å². The summed E-state index contributed by atoms with van der Waals surface area (Å²) in [5.74, 6) is -0.502. The zero-order valence-electron chi connectivity index (χ0n) is 13.4. The summed E-state index contributed by atoms with van der Waals surface area (Å²) in [6.45, 7) is 4.28. The first-order chi connectivity index (χ1) is 10.9. The van der Waals surface area contributed by atoms with Gasteiger partial charge in [0, 0.05) is 18.2 Å². The second-order valence-corrected chi connectivity index (χ2v) is 7.24. The van der Waals surface area contributed by atoms with Gasteiger partial charge in [0.15, 0.2) is 0 Å². The van der Waals surface area contributed by atoms with Crippen molar-refractivity contribution in [1.82, 2.24) is 9.62 Å². The van der Waals surface area contributed by atoms with E-state index in [1.165, 1.54) is 25.3 Å². The third-order valence-electron chi connectivity index (χ3n) is 4.15. The van der Waals surface area contributed by atoms with Gasteiger partial charge in [-0.25, -0.2) is 13.1 Å². The molecule has 7 nitrogen and oxygen atoms in total. The Morgan fingerprint density at radius 3 is 2.83 bits per heavy atom. The summed E-state index contributed by atoms with van der Waals surface area (Å²) in [5.41, 5.74) is 5.35. The van der Waals surface area contributed by atoms with Crippen molar-refractivity contribution in [2.24, 2.45) is 5.73 Å². The number of hydrogen-bond donors (Lipinski definition) is 2. The molecular weight excluding hydrogens is 318 g/mol. The van der Waals surface area contributed by atoms with E-state index in [1.807, 2.05) is 0 Å². The predicted octanol–water partition coefficient (Wildman–Crippen LogP) is 0.557. The standard InChI is InChI=1S/C15H23N3O4S/c1-3-18-8-4-5-12(18)10-17-23(20,21)14-9-11(15(16)19)6-7-13(14)22-2/h6-7,9,12,17H,3-5,8,10H2,1-2H3,(H2,16,19)/t12-/m0/s1. The number of likely N-dealkylation sites (tertiary alicyclic amines) is 1. The topological polar surface area (TPSA) is 102 Å². The number of primary amides is 1. The van der Waals surface area contributed by atoms with Gasteiger partial charge in [0.1, 0.15) is 10.6 Å². The highest BCUT2D eigenvalue weighted by Gasteiger charge is 2.26. The molecule has 0 bridgehead atoms. The van der Waals surface area contributed by atoms with E-state index >= 15 is 0 Å². The third kappa shape index (κ3) is 4.01. The highest BCUT2D eigenvalue weighted by molar-refractivity contribution is 7.89. The van der Waals surface area contributed by atoms with Crippen molar-refractivity contribution in [3.8, 4) is 5.75 Å². The van der Waals surface area contributed by atoms with E-state index in [0.717, 1.165) is 25.9 Å². The van der Waals surface area contributed by atoms with Crippen LogP contribution in [0.3, 0.4) is 0 Å². The van der Waals surface area contributed by atoms with Gasteiger partial charge in [0.05, 0.1) is 7.11 Å². The molecule has 1 saturated heterocycles. The number of sulfonamides is 1. The molecule has 1 aliphatic heterocycles. The molecule has 128 valence electrons. The second-order valence-electron chi connectivity index (χ2n) is 5.51. The van der Waals surface area contributed by atoms with Crippen LogP contribution in [0.2, 0.25) is 0 Å². The molecule has 0 spiro atoms. The van der Waals surface area contributed by atoms with Crippen LogP contribution in [-0.4, -0.2) is 52.0 Å². The first-order valence-corrected chi connectivity index (χ1v) is 9.09. The monoisotopic (exact) mass is 341 g/mol. The smallest absolute Gasteiger partial charge is 0.248 e. The molecule has 0 unspecified atom stereocenters. The largest absolute Gasteiger partial charge is 0.495 e. The molecule has 1 fully saturated rings. The molecule has 8 heteroatoms. The Morgan fingerprint density at radius 1 is 1.48 bits per heavy atom. The van der Waals surface area contributed by atoms with Gasteiger partial charge >= 0.3 is 0 Å². The molecule has 0 aliphatic carbocycles. The maximum absolute atomic E-state index is 12.6. The number of hydrogen-bond acceptors (Lipinski definition) is 5. The van der Waals surface area contributed by atoms with E-state index < -0.39 is 15.9 Å². The van der Waals surface area contributed by atoms with Gasteiger partial charge in [0.2, 0.25) is 15.9 Å². The lowest BCUT2D eigenvalue weighted by Crippen LogP contribution is -2.40. The summed E-state index contributed by atoms with van der Waals surface area (Å²) in [6, 6.07) is 4.31. The lowest BCUT2D eigenvalue weighted by atomic mass is 10.2. The van der Waals surface area contributed by atoms with Crippen LogP contribution in [0.1, 0.15) is 30.1 Å². The molecule has 3 N–H and O–H groups in total. The number of nitrogens with one attached hydrogen (secondary N) is 1. The van der Waals surface area contributed by atoms with Crippen LogP contribution in [0.15, 0.2) is 23.1 Å². The maximum Gasteiger partial charge on any atom is 0.248 e. The minimum absolute atomic E-state index is 0.0719. The summed E-state index contributed by atoms with van der Waals surface area (Å²) >= 11 is 0. The van der Waals surface area contributed by atoms with Crippen molar-refractivity contribution in [3.05, 3.63) is 23.8 Å². The molecule has 1 aromatic rings. The van der Waals surface area contributed by atoms with Crippen LogP contribution in [-0.2, 0) is 10.0 Å². The summed E-state index contributed by atoms with van der Waals surface area (Å²) < 4.78 is 32.9. The average molecular weight is 341 g/mol. The molecule has 1 atom stereocenters. The van der Waals surface area contributed by atoms with Crippen molar-refractivity contribution in [2.75, 3.05) is 26.7 Å². The molecule has 23 heavy (non-hydrogen) atoms. The van der Waals surface area contributed by atoms with Gasteiger partial charge < -0.3 is 10.5 Å². The van der Waals surface area contributed by atoms with Crippen molar-refractivity contribution < 1.29 is 17.9 Å². The number of likely N-dealkylation sites (N-methyl/N-ethyl adjacent to an activating group) is 1. The van der Waals surface area contributed by atoms with Crippen molar-refractivity contribution >= 4 is 15.9 Å². The van der Waals surface area contributed by atoms with Crippen molar-refractivity contribution in [1.29, 1.82) is 0 Å². The zero-order valence-corrected chi connectivity index (χ0v) is 14.2. The number of amides is 1. The number of rotatable bonds is 7. The molecular formula is C15H23N3O4S. The Hall–Kier alpha value is -1.64. The zero-order chi connectivity index (χ0) is 17.0. The number of nitrogens with zero attached hydrogens (tertiary/aromatic N) is 1. The highest BCUT2D eigenvalue weighted by Crippen LogP contribution is 2.25. The van der Waals surface area contributed by atoms with Gasteiger partial charge in [-0.1, -0.05) is 6.92 Å². The fourth-order valence-electron chi connectivity index (χ4n) is 2.87. The average Bonchev–Trinajstić information content (AvgIpc) is 2.99. The van der Waals surface area contributed by atoms with E-state index in [4.69, 9.17) is 10.5 Å². The van der Waals surface area contributed by atoms with Gasteiger partial charge in [-0.05, 0) is 44.1 Å². The molecule has 0 saturated carbocycles. The summed E-state index contributed by atoms with van der Waals surface area (Å²) in [5, 5.41) is 0. The van der Waals surface area contributed by atoms with Crippen LogP contribution in [0.25, 0.3) is 0 Å². The Kier molecular flexibility index (Phi) is 5.61. The Balaban J connectivity index is 2.21. The van der Waals surface area contributed by atoms with E-state index in [9.17, 15) is 13.2 Å². The fourth-order valence-corrected chi connectivity index (χ4v) is 4.13. The van der Waals surface area contributed by atoms with Crippen molar-refractivity contribution in [3.63, 3.8) is 0 Å². The summed E-state index contributed by atoms with van der Waals surface area (Å²) in [4.78, 5) is 13.5. The minimum Gasteiger partial charge on any atom is -0.495 e. The lowest BCUT2D eigenvalue weighted by molar-refractivity contribution is 0.1000. The molecule has 0 radical (unpaired) electrons. The maximum atomic E-state index is 12.6. The fraction of sp³-hybridized carbons (Fsp3) is 0.533. The van der Waals surface area contributed by atoms with Gasteiger partial charge in [0.25, 0.3) is 0 Å². The quantitative estimate of drug-likeness (QED) is 0.754. The minimum atomic E-state index is -3.79. The van der Waals surface area contributed by atoms with E-state index in [2.05, 4.69) is 16.5 Å². The highest BCUT2D eigenvalue weighted by atomic mass is 32.2. The van der Waals surface area contributed by atoms with Crippen molar-refractivity contribution in [2.45, 2.75) is 30.7 Å². The van der Waals surface area contributed by atoms with Gasteiger partial charge in [-0.3, -0.25) is 9.69 Å². The predicted molar refractivity (Wildman–Crippen MR) is 87.0 cm³/mol. The number of carbonyl (C=O) groups is 1. The molecule has 0 aromatic heterocycles. The number of ether oxygens (including phenoxy) is 1. The van der Waals surface area contributed by atoms with Gasteiger partial charge in [-0.2, -0.15) is 0 Å². The number of carbonyl (C=O) groups excluding carboxylic acids is 1. The Morgan fingerprint density at radius 2 is 2.22 bits per heavy atom. The summed E-state index contributed by atoms with van der Waals surface area (Å²) in [7, 11) is -2.40. The van der Waals surface area contributed by atoms with E-state index in [0.29, 0.717) is 6.54 Å². The molecule has 1 aliphatic rings. The number of nitrogens with two attached hydrogens (primary N) is 1. The van der Waals surface area contributed by atoms with E-state index in [-0.39, 0.29) is 22.3 Å². The second kappa shape index (κ2) is 7.29. The molecule has 1 amide bonds. The normalized spacial score (nSPS) is 19.0. The SMILES string of the molecule is CCN1CCC[C@H]1CNS(=O)(=O)c1cc(C(N)=O)ccc1OC. The number of methoxy groups -OCH3 is 1. The third-order valence-corrected chi connectivity index (χ3v) is 5.60. The summed E-state index contributed by atoms with van der Waals surface area (Å²) in [6.07, 6.45) is 2.04. The molecule has 2 rings (SSSR count). The Labute approximate surface area is 136 Å². The van der Waals surface area contributed by atoms with E-state index in [1.54, 1.807) is 0 Å². The van der Waals surface area contributed by atoms with Crippen LogP contribution in [0.4, 0.5) is 0 Å². The first kappa shape index (κ1) is 17.7. The Bertz CT molecular complexity index is 675.